The van der Waals surface area contributed by atoms with E-state index >= 15 is 0 Å². The number of nitrogens with one attached hydrogen (secondary N) is 1. The van der Waals surface area contributed by atoms with Crippen LogP contribution < -0.4 is 15.6 Å². The van der Waals surface area contributed by atoms with Crippen molar-refractivity contribution in [3.8, 4) is 5.75 Å². The summed E-state index contributed by atoms with van der Waals surface area (Å²) in [5.74, 6) is 0.449. The van der Waals surface area contributed by atoms with Crippen molar-refractivity contribution >= 4 is 0 Å². The molecule has 2 heterocycles. The zero-order chi connectivity index (χ0) is 16.6. The fourth-order valence-electron chi connectivity index (χ4n) is 3.19. The molecule has 3 rings (SSSR count). The molecule has 0 saturated carbocycles. The highest BCUT2D eigenvalue weighted by Gasteiger charge is 2.13. The van der Waals surface area contributed by atoms with Gasteiger partial charge in [0.2, 0.25) is 0 Å². The minimum Gasteiger partial charge on any atom is -0.488 e. The van der Waals surface area contributed by atoms with Crippen LogP contribution >= 0.6 is 0 Å². The van der Waals surface area contributed by atoms with E-state index < -0.39 is 0 Å². The first kappa shape index (κ1) is 16.8. The summed E-state index contributed by atoms with van der Waals surface area (Å²) in [6, 6.07) is 14.4. The van der Waals surface area contributed by atoms with Crippen LogP contribution in [0.3, 0.4) is 0 Å². The lowest BCUT2D eigenvalue weighted by Crippen LogP contribution is -2.35. The van der Waals surface area contributed by atoms with Crippen molar-refractivity contribution in [1.29, 1.82) is 0 Å². The van der Waals surface area contributed by atoms with Gasteiger partial charge in [0.05, 0.1) is 6.61 Å². The molecule has 0 bridgehead atoms. The van der Waals surface area contributed by atoms with Crippen LogP contribution in [0.15, 0.2) is 53.5 Å². The van der Waals surface area contributed by atoms with Gasteiger partial charge in [0.15, 0.2) is 5.75 Å². The minimum absolute atomic E-state index is 0.0265. The second-order valence-corrected chi connectivity index (χ2v) is 6.39. The van der Waals surface area contributed by atoms with Crippen molar-refractivity contribution in [2.45, 2.75) is 44.7 Å². The first-order valence-corrected chi connectivity index (χ1v) is 8.92. The van der Waals surface area contributed by atoms with Crippen LogP contribution in [-0.2, 0) is 13.0 Å². The zero-order valence-electron chi connectivity index (χ0n) is 14.1. The molecule has 1 fully saturated rings. The fraction of sp³-hybridized carbons (Fsp3) is 0.450. The van der Waals surface area contributed by atoms with Gasteiger partial charge in [-0.3, -0.25) is 4.79 Å². The molecule has 1 N–H and O–H groups in total. The summed E-state index contributed by atoms with van der Waals surface area (Å²) in [4.78, 5) is 12.5. The smallest absolute Gasteiger partial charge is 0.292 e. The molecule has 2 aromatic rings. The maximum Gasteiger partial charge on any atom is 0.292 e. The maximum absolute atomic E-state index is 12.5. The summed E-state index contributed by atoms with van der Waals surface area (Å²) in [7, 11) is 0. The van der Waals surface area contributed by atoms with Crippen molar-refractivity contribution in [2.24, 2.45) is 0 Å². The summed E-state index contributed by atoms with van der Waals surface area (Å²) in [5, 5.41) is 3.53. The average Bonchev–Trinajstić information content (AvgIpc) is 2.64. The highest BCUT2D eigenvalue weighted by atomic mass is 16.5. The van der Waals surface area contributed by atoms with Gasteiger partial charge in [0.25, 0.3) is 5.56 Å². The van der Waals surface area contributed by atoms with E-state index in [0.717, 1.165) is 25.9 Å². The second-order valence-electron chi connectivity index (χ2n) is 6.39. The lowest BCUT2D eigenvalue weighted by Gasteiger charge is -2.23. The zero-order valence-corrected chi connectivity index (χ0v) is 14.1. The molecule has 1 aromatic carbocycles. The van der Waals surface area contributed by atoms with Crippen molar-refractivity contribution in [3.63, 3.8) is 0 Å². The lowest BCUT2D eigenvalue weighted by molar-refractivity contribution is 0.312. The largest absolute Gasteiger partial charge is 0.488 e. The maximum atomic E-state index is 12.5. The summed E-state index contributed by atoms with van der Waals surface area (Å²) in [5.41, 5.74) is 1.19. The number of aryl methyl sites for hydroxylation is 1. The molecule has 24 heavy (non-hydrogen) atoms. The third kappa shape index (κ3) is 4.71. The SMILES string of the molecule is O=c1c(OCCc2ccccc2)cccn1CCC1CCCCN1. The third-order valence-electron chi connectivity index (χ3n) is 4.61. The Labute approximate surface area is 143 Å². The van der Waals surface area contributed by atoms with Crippen molar-refractivity contribution in [1.82, 2.24) is 9.88 Å². The Morgan fingerprint density at radius 3 is 2.79 bits per heavy atom. The van der Waals surface area contributed by atoms with E-state index in [4.69, 9.17) is 4.74 Å². The van der Waals surface area contributed by atoms with Gasteiger partial charge in [-0.15, -0.1) is 0 Å². The van der Waals surface area contributed by atoms with E-state index in [2.05, 4.69) is 17.4 Å². The van der Waals surface area contributed by atoms with E-state index in [1.807, 2.05) is 30.5 Å². The molecule has 1 unspecified atom stereocenters. The topological polar surface area (TPSA) is 43.3 Å². The molecule has 1 atom stereocenters. The van der Waals surface area contributed by atoms with Crippen molar-refractivity contribution < 1.29 is 4.74 Å². The van der Waals surface area contributed by atoms with E-state index in [-0.39, 0.29) is 5.56 Å². The number of hydrogen-bond acceptors (Lipinski definition) is 3. The second kappa shape index (κ2) is 8.69. The average molecular weight is 326 g/mol. The number of aromatic nitrogens is 1. The molecule has 0 radical (unpaired) electrons. The normalized spacial score (nSPS) is 17.6. The van der Waals surface area contributed by atoms with Gasteiger partial charge >= 0.3 is 0 Å². The Hall–Kier alpha value is -2.07. The fourth-order valence-corrected chi connectivity index (χ4v) is 3.19. The Morgan fingerprint density at radius 2 is 2.00 bits per heavy atom. The number of hydrogen-bond donors (Lipinski definition) is 1. The predicted octanol–water partition coefficient (Wildman–Crippen LogP) is 3.00. The first-order valence-electron chi connectivity index (χ1n) is 8.92. The summed E-state index contributed by atoms with van der Waals surface area (Å²) in [6.45, 7) is 2.36. The molecular formula is C20H26N2O2. The lowest BCUT2D eigenvalue weighted by atomic mass is 10.0. The standard InChI is InChI=1S/C20H26N2O2/c23-20-19(24-16-12-17-7-2-1-3-8-17)10-6-14-22(20)15-11-18-9-4-5-13-21-18/h1-3,6-8,10,14,18,21H,4-5,9,11-13,15-16H2. The van der Waals surface area contributed by atoms with Crippen LogP contribution in [-0.4, -0.2) is 23.8 Å². The Balaban J connectivity index is 1.53. The molecule has 1 aliphatic rings. The van der Waals surface area contributed by atoms with Crippen LogP contribution in [0.2, 0.25) is 0 Å². The van der Waals surface area contributed by atoms with E-state index in [0.29, 0.717) is 18.4 Å². The molecule has 1 aliphatic heterocycles. The summed E-state index contributed by atoms with van der Waals surface area (Å²) < 4.78 is 7.50. The number of rotatable bonds is 7. The Bertz CT molecular complexity index is 676. The number of nitrogens with zero attached hydrogens (tertiary/aromatic N) is 1. The van der Waals surface area contributed by atoms with Gasteiger partial charge < -0.3 is 14.6 Å². The highest BCUT2D eigenvalue weighted by Crippen LogP contribution is 2.11. The van der Waals surface area contributed by atoms with Crippen LogP contribution in [0.25, 0.3) is 0 Å². The molecule has 128 valence electrons. The number of pyridine rings is 1. The molecular weight excluding hydrogens is 300 g/mol. The van der Waals surface area contributed by atoms with Gasteiger partial charge in [0, 0.05) is 25.2 Å². The number of benzene rings is 1. The van der Waals surface area contributed by atoms with Gasteiger partial charge in [0.1, 0.15) is 0 Å². The quantitative estimate of drug-likeness (QED) is 0.850. The predicted molar refractivity (Wildman–Crippen MR) is 96.6 cm³/mol. The van der Waals surface area contributed by atoms with Gasteiger partial charge in [-0.25, -0.2) is 0 Å². The molecule has 0 amide bonds. The molecule has 0 spiro atoms. The number of piperidine rings is 1. The van der Waals surface area contributed by atoms with Crippen LogP contribution in [0.1, 0.15) is 31.2 Å². The monoisotopic (exact) mass is 326 g/mol. The highest BCUT2D eigenvalue weighted by molar-refractivity contribution is 5.18. The Kier molecular flexibility index (Phi) is 6.07. The van der Waals surface area contributed by atoms with Gasteiger partial charge in [-0.05, 0) is 43.5 Å². The summed E-state index contributed by atoms with van der Waals surface area (Å²) in [6.07, 6.45) is 7.42. The van der Waals surface area contributed by atoms with E-state index in [9.17, 15) is 4.79 Å². The van der Waals surface area contributed by atoms with Gasteiger partial charge in [-0.1, -0.05) is 36.8 Å². The molecule has 0 aliphatic carbocycles. The number of ether oxygens (including phenoxy) is 1. The molecule has 4 heteroatoms. The Morgan fingerprint density at radius 1 is 1.12 bits per heavy atom. The van der Waals surface area contributed by atoms with Crippen LogP contribution in [0.5, 0.6) is 5.75 Å². The van der Waals surface area contributed by atoms with Crippen LogP contribution in [0.4, 0.5) is 0 Å². The van der Waals surface area contributed by atoms with E-state index in [1.165, 1.54) is 24.8 Å². The van der Waals surface area contributed by atoms with Crippen molar-refractivity contribution in [3.05, 3.63) is 64.6 Å². The summed E-state index contributed by atoms with van der Waals surface area (Å²) >= 11 is 0. The minimum atomic E-state index is -0.0265. The van der Waals surface area contributed by atoms with Gasteiger partial charge in [-0.2, -0.15) is 0 Å². The third-order valence-corrected chi connectivity index (χ3v) is 4.61. The molecule has 1 saturated heterocycles. The first-order chi connectivity index (χ1) is 11.8. The van der Waals surface area contributed by atoms with Crippen LogP contribution in [0, 0.1) is 0 Å². The van der Waals surface area contributed by atoms with Crippen molar-refractivity contribution in [2.75, 3.05) is 13.2 Å². The molecule has 1 aromatic heterocycles. The molecule has 4 nitrogen and oxygen atoms in total. The van der Waals surface area contributed by atoms with E-state index in [1.54, 1.807) is 10.6 Å².